The van der Waals surface area contributed by atoms with Crippen LogP contribution < -0.4 is 4.74 Å². The summed E-state index contributed by atoms with van der Waals surface area (Å²) >= 11 is 0. The third kappa shape index (κ3) is 1.97. The molecular formula is C10H13FO. The highest BCUT2D eigenvalue weighted by molar-refractivity contribution is 5.29. The first-order valence-electron chi connectivity index (χ1n) is 4.19. The van der Waals surface area contributed by atoms with Gasteiger partial charge in [0.1, 0.15) is 0 Å². The summed E-state index contributed by atoms with van der Waals surface area (Å²) in [4.78, 5) is 0. The monoisotopic (exact) mass is 168 g/mol. The predicted octanol–water partition coefficient (Wildman–Crippen LogP) is 2.79. The third-order valence-corrected chi connectivity index (χ3v) is 1.70. The van der Waals surface area contributed by atoms with Gasteiger partial charge >= 0.3 is 0 Å². The highest BCUT2D eigenvalue weighted by Crippen LogP contribution is 2.18. The number of benzene rings is 1. The summed E-state index contributed by atoms with van der Waals surface area (Å²) in [5.41, 5.74) is 0.996. The minimum Gasteiger partial charge on any atom is -0.491 e. The van der Waals surface area contributed by atoms with Crippen LogP contribution in [0.5, 0.6) is 5.75 Å². The Bertz CT molecular complexity index is 258. The molecule has 0 fully saturated rings. The molecule has 0 aliphatic carbocycles. The van der Waals surface area contributed by atoms with E-state index < -0.39 is 0 Å². The van der Waals surface area contributed by atoms with Gasteiger partial charge in [-0.25, -0.2) is 4.39 Å². The fourth-order valence-electron chi connectivity index (χ4n) is 1.04. The van der Waals surface area contributed by atoms with Crippen molar-refractivity contribution in [3.05, 3.63) is 29.6 Å². The zero-order chi connectivity index (χ0) is 8.97. The van der Waals surface area contributed by atoms with Crippen molar-refractivity contribution in [2.24, 2.45) is 0 Å². The molecule has 0 heterocycles. The molecule has 2 heteroatoms. The van der Waals surface area contributed by atoms with Crippen molar-refractivity contribution in [3.63, 3.8) is 0 Å². The highest BCUT2D eigenvalue weighted by Gasteiger charge is 2.02. The highest BCUT2D eigenvalue weighted by atomic mass is 19.1. The van der Waals surface area contributed by atoms with E-state index in [4.69, 9.17) is 4.74 Å². The standard InChI is InChI=1S/C10H13FO/c1-3-8-5-6-10(12-4-2)9(11)7-8/h5-7H,3-4H2,1-2H3. The van der Waals surface area contributed by atoms with Gasteiger partial charge in [0.25, 0.3) is 0 Å². The quantitative estimate of drug-likeness (QED) is 0.674. The first-order chi connectivity index (χ1) is 5.77. The Kier molecular flexibility index (Phi) is 3.09. The van der Waals surface area contributed by atoms with Gasteiger partial charge in [-0.15, -0.1) is 0 Å². The Hall–Kier alpha value is -1.05. The largest absolute Gasteiger partial charge is 0.491 e. The minimum absolute atomic E-state index is 0.267. The van der Waals surface area contributed by atoms with Crippen LogP contribution in [0.25, 0.3) is 0 Å². The Morgan fingerprint density at radius 3 is 2.58 bits per heavy atom. The van der Waals surface area contributed by atoms with Crippen LogP contribution >= 0.6 is 0 Å². The number of ether oxygens (including phenoxy) is 1. The van der Waals surface area contributed by atoms with Crippen LogP contribution in [0.4, 0.5) is 4.39 Å². The van der Waals surface area contributed by atoms with Crippen molar-refractivity contribution in [2.75, 3.05) is 6.61 Å². The molecule has 0 bridgehead atoms. The summed E-state index contributed by atoms with van der Waals surface area (Å²) in [6, 6.07) is 5.08. The molecule has 0 atom stereocenters. The van der Waals surface area contributed by atoms with Crippen LogP contribution in [0, 0.1) is 5.82 Å². The van der Waals surface area contributed by atoms with Gasteiger partial charge in [0.15, 0.2) is 11.6 Å². The van der Waals surface area contributed by atoms with E-state index in [0.29, 0.717) is 12.4 Å². The lowest BCUT2D eigenvalue weighted by atomic mass is 10.1. The van der Waals surface area contributed by atoms with Gasteiger partial charge in [-0.2, -0.15) is 0 Å². The molecule has 1 aromatic carbocycles. The molecule has 1 aromatic rings. The van der Waals surface area contributed by atoms with Crippen molar-refractivity contribution in [3.8, 4) is 5.75 Å². The molecule has 0 aliphatic heterocycles. The lowest BCUT2D eigenvalue weighted by Crippen LogP contribution is -1.95. The Morgan fingerprint density at radius 2 is 2.08 bits per heavy atom. The number of halogens is 1. The van der Waals surface area contributed by atoms with Crippen LogP contribution in [0.15, 0.2) is 18.2 Å². The van der Waals surface area contributed by atoms with E-state index in [0.717, 1.165) is 12.0 Å². The molecule has 0 N–H and O–H groups in total. The summed E-state index contributed by atoms with van der Waals surface area (Å²) in [6.45, 7) is 4.34. The van der Waals surface area contributed by atoms with Crippen LogP contribution in [0.1, 0.15) is 19.4 Å². The van der Waals surface area contributed by atoms with Crippen LogP contribution in [0.2, 0.25) is 0 Å². The lowest BCUT2D eigenvalue weighted by Gasteiger charge is -2.04. The number of rotatable bonds is 3. The minimum atomic E-state index is -0.267. The first kappa shape index (κ1) is 9.04. The lowest BCUT2D eigenvalue weighted by molar-refractivity contribution is 0.321. The van der Waals surface area contributed by atoms with E-state index in [9.17, 15) is 4.39 Å². The molecule has 0 radical (unpaired) electrons. The van der Waals surface area contributed by atoms with Crippen LogP contribution in [-0.2, 0) is 6.42 Å². The van der Waals surface area contributed by atoms with Crippen molar-refractivity contribution >= 4 is 0 Å². The second kappa shape index (κ2) is 4.10. The van der Waals surface area contributed by atoms with Crippen LogP contribution in [0.3, 0.4) is 0 Å². The van der Waals surface area contributed by atoms with E-state index in [1.54, 1.807) is 6.07 Å². The molecule has 1 nitrogen and oxygen atoms in total. The zero-order valence-corrected chi connectivity index (χ0v) is 7.43. The fourth-order valence-corrected chi connectivity index (χ4v) is 1.04. The van der Waals surface area contributed by atoms with Crippen molar-refractivity contribution < 1.29 is 9.13 Å². The molecule has 0 unspecified atom stereocenters. The average Bonchev–Trinajstić information content (AvgIpc) is 2.09. The average molecular weight is 168 g/mol. The molecule has 0 saturated carbocycles. The number of hydrogen-bond donors (Lipinski definition) is 0. The van der Waals surface area contributed by atoms with Crippen LogP contribution in [-0.4, -0.2) is 6.61 Å². The molecule has 0 spiro atoms. The maximum Gasteiger partial charge on any atom is 0.165 e. The molecule has 0 aliphatic rings. The summed E-state index contributed by atoms with van der Waals surface area (Å²) in [6.07, 6.45) is 0.851. The molecule has 0 amide bonds. The van der Waals surface area contributed by atoms with E-state index in [1.807, 2.05) is 19.9 Å². The van der Waals surface area contributed by atoms with Gasteiger partial charge in [-0.1, -0.05) is 13.0 Å². The third-order valence-electron chi connectivity index (χ3n) is 1.70. The maximum absolute atomic E-state index is 13.1. The molecule has 12 heavy (non-hydrogen) atoms. The summed E-state index contributed by atoms with van der Waals surface area (Å²) in [5.74, 6) is 0.0749. The maximum atomic E-state index is 13.1. The summed E-state index contributed by atoms with van der Waals surface area (Å²) < 4.78 is 18.2. The Balaban J connectivity index is 2.87. The van der Waals surface area contributed by atoms with E-state index in [2.05, 4.69) is 0 Å². The Morgan fingerprint density at radius 1 is 1.33 bits per heavy atom. The number of hydrogen-bond acceptors (Lipinski definition) is 1. The van der Waals surface area contributed by atoms with Gasteiger partial charge in [-0.3, -0.25) is 0 Å². The van der Waals surface area contributed by atoms with Gasteiger partial charge in [0, 0.05) is 0 Å². The van der Waals surface area contributed by atoms with Gasteiger partial charge < -0.3 is 4.74 Å². The number of aryl methyl sites for hydroxylation is 1. The van der Waals surface area contributed by atoms with Crippen molar-refractivity contribution in [1.82, 2.24) is 0 Å². The van der Waals surface area contributed by atoms with Crippen molar-refractivity contribution in [1.29, 1.82) is 0 Å². The molecule has 0 aromatic heterocycles. The Labute approximate surface area is 72.2 Å². The topological polar surface area (TPSA) is 9.23 Å². The second-order valence-corrected chi connectivity index (χ2v) is 2.55. The summed E-state index contributed by atoms with van der Waals surface area (Å²) in [7, 11) is 0. The molecule has 66 valence electrons. The normalized spacial score (nSPS) is 9.92. The fraction of sp³-hybridized carbons (Fsp3) is 0.400. The predicted molar refractivity (Wildman–Crippen MR) is 46.9 cm³/mol. The molecule has 0 saturated heterocycles. The molecular weight excluding hydrogens is 155 g/mol. The SMILES string of the molecule is CCOc1ccc(CC)cc1F. The smallest absolute Gasteiger partial charge is 0.165 e. The van der Waals surface area contributed by atoms with E-state index >= 15 is 0 Å². The van der Waals surface area contributed by atoms with E-state index in [-0.39, 0.29) is 5.82 Å². The van der Waals surface area contributed by atoms with Crippen molar-refractivity contribution in [2.45, 2.75) is 20.3 Å². The first-order valence-corrected chi connectivity index (χ1v) is 4.19. The summed E-state index contributed by atoms with van der Waals surface area (Å²) in [5, 5.41) is 0. The zero-order valence-electron chi connectivity index (χ0n) is 7.43. The van der Waals surface area contributed by atoms with Gasteiger partial charge in [0.05, 0.1) is 6.61 Å². The molecule has 1 rings (SSSR count). The van der Waals surface area contributed by atoms with E-state index in [1.165, 1.54) is 6.07 Å². The van der Waals surface area contributed by atoms with Gasteiger partial charge in [0.2, 0.25) is 0 Å². The second-order valence-electron chi connectivity index (χ2n) is 2.55. The van der Waals surface area contributed by atoms with Gasteiger partial charge in [-0.05, 0) is 31.0 Å².